The summed E-state index contributed by atoms with van der Waals surface area (Å²) in [6, 6.07) is 114. The number of hydrogen-bond donors (Lipinski definition) is 2. The van der Waals surface area contributed by atoms with Crippen LogP contribution in [0.15, 0.2) is 364 Å². The van der Waals surface area contributed by atoms with E-state index in [-0.39, 0.29) is 11.1 Å². The minimum atomic E-state index is -5.96. The molecule has 2 N–H and O–H groups in total. The highest BCUT2D eigenvalue weighted by Gasteiger charge is 2.72. The van der Waals surface area contributed by atoms with Gasteiger partial charge in [0, 0.05) is 121 Å². The Morgan fingerprint density at radius 2 is 0.393 bits per heavy atom. The Morgan fingerprint density at radius 3 is 0.607 bits per heavy atom. The number of para-hydroxylation sites is 8. The number of carbonyl (C=O) groups is 2. The van der Waals surface area contributed by atoms with Crippen LogP contribution in [0.1, 0.15) is 31.8 Å². The largest absolute Gasteiger partial charge is 0.411 e. The van der Waals surface area contributed by atoms with E-state index >= 15 is 26.3 Å². The van der Waals surface area contributed by atoms with Gasteiger partial charge < -0.3 is 38.0 Å². The van der Waals surface area contributed by atoms with Crippen LogP contribution in [0.2, 0.25) is 0 Å². The predicted molar refractivity (Wildman–Crippen MR) is 461 cm³/mol. The fourth-order valence-electron chi connectivity index (χ4n) is 18.4. The highest BCUT2D eigenvalue weighted by atomic mass is 19.4. The average molecular weight is 1530 g/mol. The van der Waals surface area contributed by atoms with Crippen LogP contribution in [0.3, 0.4) is 0 Å². The van der Waals surface area contributed by atoms with Crippen LogP contribution in [0, 0.1) is 0 Å². The van der Waals surface area contributed by atoms with Gasteiger partial charge in [0.2, 0.25) is 5.41 Å². The van der Waals surface area contributed by atoms with Gasteiger partial charge in [-0.15, -0.1) is 0 Å². The molecule has 0 radical (unpaired) electrons. The van der Waals surface area contributed by atoms with Gasteiger partial charge in [0.25, 0.3) is 11.8 Å². The maximum absolute atomic E-state index is 15.8. The van der Waals surface area contributed by atoms with Gasteiger partial charge in [-0.3, -0.25) is 9.59 Å². The minimum absolute atomic E-state index is 0.188. The number of benzene rings is 16. The first-order chi connectivity index (χ1) is 57.1. The molecule has 0 aliphatic heterocycles. The molecule has 6 aromatic heterocycles. The van der Waals surface area contributed by atoms with Crippen LogP contribution in [-0.4, -0.2) is 51.6 Å². The van der Waals surface area contributed by atoms with E-state index < -0.39 is 40.7 Å². The summed E-state index contributed by atoms with van der Waals surface area (Å²) < 4.78 is 108. The first-order valence-corrected chi connectivity index (χ1v) is 38.4. The number of nitrogens with one attached hydrogen (secondary N) is 2. The monoisotopic (exact) mass is 1530 g/mol. The molecule has 16 heteroatoms. The SMILES string of the molecule is O=C(Nc1ccc(-n2c3ccc(-n4c5ccccc5c5ccccc54)cc3c3cc(-n4c5ccccc5c5ccccc54)ccc32)cc1)c1ccc(C(c2ccc(C(=O)Nc3ccc(-n4c5ccc(-n6c7ccccc7c7ccccc76)cc5c5cc(-n6c7ccccc7c7ccccc76)ccc54)cc3)cc2)(C(F)(F)F)C(F)(F)F)cc1. The molecule has 0 atom stereocenters. The van der Waals surface area contributed by atoms with E-state index in [2.05, 4.69) is 256 Å². The van der Waals surface area contributed by atoms with Crippen LogP contribution in [0.25, 0.3) is 165 Å². The smallest absolute Gasteiger partial charge is 0.322 e. The molecule has 22 rings (SSSR count). The first kappa shape index (κ1) is 68.6. The molecule has 0 saturated heterocycles. The summed E-state index contributed by atoms with van der Waals surface area (Å²) in [7, 11) is 0. The number of nitrogens with zero attached hydrogens (tertiary/aromatic N) is 6. The van der Waals surface area contributed by atoms with Gasteiger partial charge in [0.15, 0.2) is 0 Å². The molecule has 16 aromatic carbocycles. The van der Waals surface area contributed by atoms with Crippen molar-refractivity contribution in [1.82, 2.24) is 27.4 Å². The Hall–Kier alpha value is -15.2. The van der Waals surface area contributed by atoms with Crippen molar-refractivity contribution in [3.63, 3.8) is 0 Å². The third-order valence-corrected chi connectivity index (χ3v) is 23.6. The molecule has 0 aliphatic carbocycles. The average Bonchev–Trinajstić information content (AvgIpc) is 1.48. The Kier molecular flexibility index (Phi) is 15.2. The Morgan fingerprint density at radius 1 is 0.205 bits per heavy atom. The third-order valence-electron chi connectivity index (χ3n) is 23.6. The van der Waals surface area contributed by atoms with E-state index in [9.17, 15) is 9.59 Å². The van der Waals surface area contributed by atoms with Crippen molar-refractivity contribution >= 4 is 154 Å². The molecule has 22 aromatic rings. The number of carbonyl (C=O) groups excluding carboxylic acids is 2. The molecule has 0 spiro atoms. The van der Waals surface area contributed by atoms with E-state index in [4.69, 9.17) is 0 Å². The van der Waals surface area contributed by atoms with Gasteiger partial charge in [-0.1, -0.05) is 170 Å². The normalized spacial score (nSPS) is 12.4. The molecule has 0 unspecified atom stereocenters. The lowest BCUT2D eigenvalue weighted by molar-refractivity contribution is -0.288. The van der Waals surface area contributed by atoms with Crippen LogP contribution < -0.4 is 10.6 Å². The highest BCUT2D eigenvalue weighted by molar-refractivity contribution is 6.17. The van der Waals surface area contributed by atoms with Gasteiger partial charge in [-0.05, 0) is 205 Å². The van der Waals surface area contributed by atoms with Gasteiger partial charge in [-0.2, -0.15) is 26.3 Å². The van der Waals surface area contributed by atoms with E-state index in [0.717, 1.165) is 189 Å². The lowest BCUT2D eigenvalue weighted by Crippen LogP contribution is -2.54. The van der Waals surface area contributed by atoms with Crippen molar-refractivity contribution in [2.45, 2.75) is 17.8 Å². The molecule has 0 bridgehead atoms. The summed E-state index contributed by atoms with van der Waals surface area (Å²) in [4.78, 5) is 28.2. The standard InChI is InChI=1S/C101H62F6N8O2/c102-100(103,104)99(101(105,106)107,63-37-33-61(34-38-63)97(116)108-65-41-45-67(46-42-65)110-93-53-49-69(112-85-25-9-1-17-73(85)74-18-2-10-26-86(74)112)57-81(93)82-58-70(50-54-94(82)110)113-87-27-11-3-19-75(87)76-20-4-12-28-88(76)113)64-39-35-62(36-40-64)98(117)109-66-43-47-68(48-44-66)111-95-55-51-71(114-89-29-13-5-21-77(89)78-22-6-14-30-90(78)114)59-83(95)84-60-72(52-56-96(84)111)115-91-31-15-7-23-79(91)80-24-8-16-32-92(80)115/h1-60H,(H,108,116)(H,109,117). The second-order valence-electron chi connectivity index (χ2n) is 29.9. The number of halogens is 6. The fourth-order valence-corrected chi connectivity index (χ4v) is 18.4. The van der Waals surface area contributed by atoms with Crippen molar-refractivity contribution in [2.24, 2.45) is 0 Å². The number of rotatable bonds is 12. The van der Waals surface area contributed by atoms with Crippen molar-refractivity contribution in [1.29, 1.82) is 0 Å². The van der Waals surface area contributed by atoms with Gasteiger partial charge in [0.05, 0.1) is 66.2 Å². The lowest BCUT2D eigenvalue weighted by Gasteiger charge is -2.38. The van der Waals surface area contributed by atoms with Crippen molar-refractivity contribution in [2.75, 3.05) is 10.6 Å². The molecule has 560 valence electrons. The molecule has 117 heavy (non-hydrogen) atoms. The van der Waals surface area contributed by atoms with E-state index in [0.29, 0.717) is 35.6 Å². The Balaban J connectivity index is 0.546. The highest BCUT2D eigenvalue weighted by Crippen LogP contribution is 2.57. The first-order valence-electron chi connectivity index (χ1n) is 38.4. The summed E-state index contributed by atoms with van der Waals surface area (Å²) in [5.41, 5.74) is 11.0. The summed E-state index contributed by atoms with van der Waals surface area (Å²) in [5, 5.41) is 18.7. The predicted octanol–water partition coefficient (Wildman–Crippen LogP) is 26.2. The zero-order valence-corrected chi connectivity index (χ0v) is 61.9. The van der Waals surface area contributed by atoms with E-state index in [1.165, 1.54) is 0 Å². The van der Waals surface area contributed by atoms with Crippen LogP contribution in [0.5, 0.6) is 0 Å². The topological polar surface area (TPSA) is 87.8 Å². The summed E-state index contributed by atoms with van der Waals surface area (Å²) in [6.07, 6.45) is -11.9. The van der Waals surface area contributed by atoms with E-state index in [1.54, 1.807) is 24.3 Å². The van der Waals surface area contributed by atoms with E-state index in [1.807, 2.05) is 72.8 Å². The van der Waals surface area contributed by atoms with Crippen LogP contribution in [0.4, 0.5) is 37.7 Å². The van der Waals surface area contributed by atoms with Gasteiger partial charge in [0.1, 0.15) is 0 Å². The summed E-state index contributed by atoms with van der Waals surface area (Å²) in [6.45, 7) is 0. The number of amides is 2. The molecule has 6 heterocycles. The Labute approximate surface area is 662 Å². The number of alkyl halides is 6. The van der Waals surface area contributed by atoms with Gasteiger partial charge in [-0.25, -0.2) is 0 Å². The second-order valence-corrected chi connectivity index (χ2v) is 29.9. The lowest BCUT2D eigenvalue weighted by atomic mass is 9.72. The van der Waals surface area contributed by atoms with Crippen molar-refractivity contribution < 1.29 is 35.9 Å². The quantitative estimate of drug-likeness (QED) is 0.119. The zero-order chi connectivity index (χ0) is 78.7. The maximum atomic E-state index is 15.8. The molecule has 0 fully saturated rings. The second kappa shape index (κ2) is 25.9. The number of anilines is 2. The van der Waals surface area contributed by atoms with Gasteiger partial charge >= 0.3 is 12.4 Å². The minimum Gasteiger partial charge on any atom is -0.322 e. The van der Waals surface area contributed by atoms with Crippen LogP contribution in [-0.2, 0) is 5.41 Å². The maximum Gasteiger partial charge on any atom is 0.411 e. The number of aromatic nitrogens is 6. The molecule has 10 nitrogen and oxygen atoms in total. The fraction of sp³-hybridized carbons (Fsp3) is 0.0297. The molecular weight excluding hydrogens is 1470 g/mol. The number of hydrogen-bond acceptors (Lipinski definition) is 2. The van der Waals surface area contributed by atoms with Crippen LogP contribution >= 0.6 is 0 Å². The molecule has 0 saturated carbocycles. The summed E-state index contributed by atoms with van der Waals surface area (Å²) >= 11 is 0. The summed E-state index contributed by atoms with van der Waals surface area (Å²) in [5.74, 6) is -1.53. The van der Waals surface area contributed by atoms with Crippen molar-refractivity contribution in [3.8, 4) is 34.1 Å². The zero-order valence-electron chi connectivity index (χ0n) is 61.9. The number of fused-ring (bicyclic) bond motifs is 18. The molecular formula is C101H62F6N8O2. The Bertz CT molecular complexity index is 6870. The van der Waals surface area contributed by atoms with Crippen molar-refractivity contribution in [3.05, 3.63) is 386 Å². The molecule has 0 aliphatic rings. The third kappa shape index (κ3) is 10.5. The molecule has 2 amide bonds.